The standard InChI is InChI=1S/C19H18ClN3O4/c1-12-2-4-14(20)9-15(12)22-18(24)6-7-19(25)23-21-10-13-3-5-16-17(8-13)27-11-26-16/h2-5,8-10H,6-7,11H2,1H3,(H,22,24)(H,23,25)/b21-10-. The van der Waals surface area contributed by atoms with Gasteiger partial charge < -0.3 is 14.8 Å². The molecule has 2 aromatic carbocycles. The van der Waals surface area contributed by atoms with Crippen LogP contribution in [0.25, 0.3) is 0 Å². The molecule has 0 saturated carbocycles. The van der Waals surface area contributed by atoms with E-state index in [2.05, 4.69) is 15.8 Å². The zero-order chi connectivity index (χ0) is 19.2. The number of hydrazone groups is 1. The lowest BCUT2D eigenvalue weighted by atomic mass is 10.2. The van der Waals surface area contributed by atoms with Crippen molar-refractivity contribution in [2.24, 2.45) is 5.10 Å². The van der Waals surface area contributed by atoms with Gasteiger partial charge in [-0.05, 0) is 48.4 Å². The van der Waals surface area contributed by atoms with E-state index in [1.807, 2.05) is 13.0 Å². The fraction of sp³-hybridized carbons (Fsp3) is 0.211. The van der Waals surface area contributed by atoms with E-state index >= 15 is 0 Å². The van der Waals surface area contributed by atoms with E-state index in [0.717, 1.165) is 11.1 Å². The van der Waals surface area contributed by atoms with Crippen LogP contribution in [-0.2, 0) is 9.59 Å². The van der Waals surface area contributed by atoms with Crippen LogP contribution in [0.5, 0.6) is 11.5 Å². The highest BCUT2D eigenvalue weighted by Crippen LogP contribution is 2.31. The van der Waals surface area contributed by atoms with Gasteiger partial charge >= 0.3 is 0 Å². The molecule has 0 unspecified atom stereocenters. The van der Waals surface area contributed by atoms with Gasteiger partial charge in [0.15, 0.2) is 11.5 Å². The summed E-state index contributed by atoms with van der Waals surface area (Å²) in [4.78, 5) is 23.8. The van der Waals surface area contributed by atoms with Crippen LogP contribution in [0.3, 0.4) is 0 Å². The van der Waals surface area contributed by atoms with Gasteiger partial charge in [-0.25, -0.2) is 5.43 Å². The number of benzene rings is 2. The van der Waals surface area contributed by atoms with Gasteiger partial charge in [-0.3, -0.25) is 9.59 Å². The van der Waals surface area contributed by atoms with Crippen LogP contribution in [0.4, 0.5) is 5.69 Å². The average Bonchev–Trinajstić information content (AvgIpc) is 3.11. The van der Waals surface area contributed by atoms with Crippen molar-refractivity contribution in [3.8, 4) is 11.5 Å². The SMILES string of the molecule is Cc1ccc(Cl)cc1NC(=O)CCC(=O)N/N=C\c1ccc2c(c1)OCO2. The molecule has 0 bridgehead atoms. The van der Waals surface area contributed by atoms with E-state index in [1.165, 1.54) is 6.21 Å². The third-order valence-electron chi connectivity index (χ3n) is 3.85. The predicted molar refractivity (Wildman–Crippen MR) is 102 cm³/mol. The normalized spacial score (nSPS) is 12.2. The fourth-order valence-electron chi connectivity index (χ4n) is 2.40. The average molecular weight is 388 g/mol. The molecule has 27 heavy (non-hydrogen) atoms. The Balaban J connectivity index is 1.44. The molecule has 2 N–H and O–H groups in total. The summed E-state index contributed by atoms with van der Waals surface area (Å²) in [5.74, 6) is 0.690. The van der Waals surface area contributed by atoms with Crippen LogP contribution in [0, 0.1) is 6.92 Å². The number of hydrogen-bond donors (Lipinski definition) is 2. The number of carbonyl (C=O) groups is 2. The summed E-state index contributed by atoms with van der Waals surface area (Å²) in [5, 5.41) is 7.16. The third kappa shape index (κ3) is 5.21. The molecule has 0 spiro atoms. The maximum Gasteiger partial charge on any atom is 0.240 e. The maximum atomic E-state index is 12.0. The van der Waals surface area contributed by atoms with Crippen molar-refractivity contribution in [1.29, 1.82) is 0 Å². The van der Waals surface area contributed by atoms with E-state index in [9.17, 15) is 9.59 Å². The minimum absolute atomic E-state index is 0.0178. The van der Waals surface area contributed by atoms with Crippen LogP contribution in [0.15, 0.2) is 41.5 Å². The second-order valence-electron chi connectivity index (χ2n) is 5.91. The van der Waals surface area contributed by atoms with E-state index < -0.39 is 0 Å². The summed E-state index contributed by atoms with van der Waals surface area (Å²) >= 11 is 5.92. The minimum Gasteiger partial charge on any atom is -0.454 e. The quantitative estimate of drug-likeness (QED) is 0.588. The monoisotopic (exact) mass is 387 g/mol. The summed E-state index contributed by atoms with van der Waals surface area (Å²) < 4.78 is 10.5. The number of ether oxygens (including phenoxy) is 2. The Labute approximate surface area is 161 Å². The van der Waals surface area contributed by atoms with E-state index in [4.69, 9.17) is 21.1 Å². The van der Waals surface area contributed by atoms with Gasteiger partial charge in [-0.15, -0.1) is 0 Å². The van der Waals surface area contributed by atoms with Gasteiger partial charge in [0.25, 0.3) is 0 Å². The van der Waals surface area contributed by atoms with Gasteiger partial charge in [0.05, 0.1) is 6.21 Å². The molecule has 1 aliphatic rings. The van der Waals surface area contributed by atoms with Crippen LogP contribution in [0.2, 0.25) is 5.02 Å². The fourth-order valence-corrected chi connectivity index (χ4v) is 2.57. The largest absolute Gasteiger partial charge is 0.454 e. The molecule has 0 fully saturated rings. The Kier molecular flexibility index (Phi) is 5.93. The first kappa shape index (κ1) is 18.7. The topological polar surface area (TPSA) is 89.0 Å². The summed E-state index contributed by atoms with van der Waals surface area (Å²) in [5.41, 5.74) is 4.68. The van der Waals surface area contributed by atoms with Crippen LogP contribution in [-0.4, -0.2) is 24.8 Å². The molecule has 0 aromatic heterocycles. The lowest BCUT2D eigenvalue weighted by Crippen LogP contribution is -2.20. The number of anilines is 1. The predicted octanol–water partition coefficient (Wildman–Crippen LogP) is 3.25. The lowest BCUT2D eigenvalue weighted by molar-refractivity contribution is -0.124. The Bertz CT molecular complexity index is 899. The van der Waals surface area contributed by atoms with Crippen molar-refractivity contribution in [2.45, 2.75) is 19.8 Å². The molecule has 0 atom stereocenters. The van der Waals surface area contributed by atoms with E-state index in [1.54, 1.807) is 30.3 Å². The Morgan fingerprint density at radius 2 is 1.89 bits per heavy atom. The molecular weight excluding hydrogens is 370 g/mol. The summed E-state index contributed by atoms with van der Waals surface area (Å²) in [7, 11) is 0. The molecular formula is C19H18ClN3O4. The number of fused-ring (bicyclic) bond motifs is 1. The van der Waals surface area contributed by atoms with Gasteiger partial charge in [-0.1, -0.05) is 17.7 Å². The highest BCUT2D eigenvalue weighted by Gasteiger charge is 2.12. The molecule has 8 heteroatoms. The van der Waals surface area contributed by atoms with Crippen LogP contribution in [0.1, 0.15) is 24.0 Å². The highest BCUT2D eigenvalue weighted by molar-refractivity contribution is 6.31. The molecule has 1 aliphatic heterocycles. The molecule has 2 aromatic rings. The van der Waals surface area contributed by atoms with Gasteiger partial charge in [0, 0.05) is 23.6 Å². The summed E-state index contributed by atoms with van der Waals surface area (Å²) in [6.45, 7) is 2.06. The summed E-state index contributed by atoms with van der Waals surface area (Å²) in [6, 6.07) is 10.6. The number of amides is 2. The molecule has 1 heterocycles. The van der Waals surface area contributed by atoms with Crippen molar-refractivity contribution in [3.05, 3.63) is 52.5 Å². The first-order valence-electron chi connectivity index (χ1n) is 8.29. The zero-order valence-corrected chi connectivity index (χ0v) is 15.4. The number of carbonyl (C=O) groups excluding carboxylic acids is 2. The number of hydrogen-bond acceptors (Lipinski definition) is 5. The van der Waals surface area contributed by atoms with Crippen LogP contribution >= 0.6 is 11.6 Å². The zero-order valence-electron chi connectivity index (χ0n) is 14.6. The highest BCUT2D eigenvalue weighted by atomic mass is 35.5. The molecule has 7 nitrogen and oxygen atoms in total. The first-order chi connectivity index (χ1) is 13.0. The minimum atomic E-state index is -0.357. The van der Waals surface area contributed by atoms with Gasteiger partial charge in [0.1, 0.15) is 0 Å². The molecule has 0 saturated heterocycles. The van der Waals surface area contributed by atoms with Crippen LogP contribution < -0.4 is 20.2 Å². The number of aryl methyl sites for hydroxylation is 1. The molecule has 0 radical (unpaired) electrons. The van der Waals surface area contributed by atoms with Gasteiger partial charge in [-0.2, -0.15) is 5.10 Å². The molecule has 0 aliphatic carbocycles. The van der Waals surface area contributed by atoms with E-state index in [0.29, 0.717) is 22.2 Å². The molecule has 3 rings (SSSR count). The van der Waals surface area contributed by atoms with Crippen molar-refractivity contribution in [2.75, 3.05) is 12.1 Å². The second-order valence-corrected chi connectivity index (χ2v) is 6.35. The number of nitrogens with zero attached hydrogens (tertiary/aromatic N) is 1. The lowest BCUT2D eigenvalue weighted by Gasteiger charge is -2.08. The number of rotatable bonds is 6. The van der Waals surface area contributed by atoms with Crippen molar-refractivity contribution in [1.82, 2.24) is 5.43 Å². The van der Waals surface area contributed by atoms with Crippen molar-refractivity contribution < 1.29 is 19.1 Å². The number of nitrogens with one attached hydrogen (secondary N) is 2. The smallest absolute Gasteiger partial charge is 0.240 e. The van der Waals surface area contributed by atoms with Crippen molar-refractivity contribution in [3.63, 3.8) is 0 Å². The Morgan fingerprint density at radius 1 is 1.11 bits per heavy atom. The first-order valence-corrected chi connectivity index (χ1v) is 8.66. The third-order valence-corrected chi connectivity index (χ3v) is 4.09. The maximum absolute atomic E-state index is 12.0. The Morgan fingerprint density at radius 3 is 2.74 bits per heavy atom. The summed E-state index contributed by atoms with van der Waals surface area (Å²) in [6.07, 6.45) is 1.55. The van der Waals surface area contributed by atoms with Gasteiger partial charge in [0.2, 0.25) is 18.6 Å². The van der Waals surface area contributed by atoms with E-state index in [-0.39, 0.29) is 31.4 Å². The van der Waals surface area contributed by atoms with Crippen molar-refractivity contribution >= 4 is 35.3 Å². The molecule has 140 valence electrons. The Hall–Kier alpha value is -3.06. The second kappa shape index (κ2) is 8.55. The molecule has 2 amide bonds. The number of halogens is 1.